The number of hydrogen-bond donors (Lipinski definition) is 1. The fourth-order valence-electron chi connectivity index (χ4n) is 5.21. The number of benzene rings is 1. The third-order valence-corrected chi connectivity index (χ3v) is 5.87. The Kier molecular flexibility index (Phi) is 3.17. The SMILES string of the molecule is O=C(NC1C2CC3CC(C2)CC1C3)c1ccccc1[N+](=O)[O-]. The number of carbonyl (C=O) groups is 1. The first-order valence-electron chi connectivity index (χ1n) is 8.16. The van der Waals surface area contributed by atoms with Crippen molar-refractivity contribution in [3.63, 3.8) is 0 Å². The van der Waals surface area contributed by atoms with Gasteiger partial charge in [-0.2, -0.15) is 0 Å². The Labute approximate surface area is 129 Å². The van der Waals surface area contributed by atoms with E-state index in [4.69, 9.17) is 0 Å². The fraction of sp³-hybridized carbons (Fsp3) is 0.588. The Morgan fingerprint density at radius 2 is 1.64 bits per heavy atom. The second kappa shape index (κ2) is 5.07. The van der Waals surface area contributed by atoms with Crippen LogP contribution in [0.5, 0.6) is 0 Å². The van der Waals surface area contributed by atoms with Gasteiger partial charge in [0.1, 0.15) is 5.56 Å². The molecule has 116 valence electrons. The molecule has 4 aliphatic rings. The van der Waals surface area contributed by atoms with Crippen LogP contribution in [0.2, 0.25) is 0 Å². The van der Waals surface area contributed by atoms with Gasteiger partial charge in [-0.05, 0) is 61.8 Å². The summed E-state index contributed by atoms with van der Waals surface area (Å²) < 4.78 is 0. The van der Waals surface area contributed by atoms with Crippen molar-refractivity contribution in [2.75, 3.05) is 0 Å². The molecule has 1 aromatic rings. The summed E-state index contributed by atoms with van der Waals surface area (Å²) in [6.45, 7) is 0. The van der Waals surface area contributed by atoms with E-state index < -0.39 is 4.92 Å². The molecular weight excluding hydrogens is 280 g/mol. The minimum atomic E-state index is -0.480. The molecule has 22 heavy (non-hydrogen) atoms. The highest BCUT2D eigenvalue weighted by Gasteiger charge is 2.48. The van der Waals surface area contributed by atoms with Crippen molar-refractivity contribution in [1.82, 2.24) is 5.32 Å². The van der Waals surface area contributed by atoms with Gasteiger partial charge in [0.25, 0.3) is 11.6 Å². The van der Waals surface area contributed by atoms with Crippen LogP contribution in [0.1, 0.15) is 42.5 Å². The standard InChI is InChI=1S/C17H20N2O3/c20-17(14-3-1-2-4-15(14)19(21)22)18-16-12-6-10-5-11(8-12)9-13(16)7-10/h1-4,10-13,16H,5-9H2,(H,18,20). The van der Waals surface area contributed by atoms with Gasteiger partial charge < -0.3 is 5.32 Å². The lowest BCUT2D eigenvalue weighted by Gasteiger charge is -2.54. The molecule has 0 saturated heterocycles. The summed E-state index contributed by atoms with van der Waals surface area (Å²) in [5.74, 6) is 2.55. The largest absolute Gasteiger partial charge is 0.349 e. The van der Waals surface area contributed by atoms with E-state index in [0.29, 0.717) is 11.8 Å². The van der Waals surface area contributed by atoms with Crippen LogP contribution >= 0.6 is 0 Å². The molecule has 0 radical (unpaired) electrons. The van der Waals surface area contributed by atoms with Gasteiger partial charge in [-0.15, -0.1) is 0 Å². The summed E-state index contributed by atoms with van der Waals surface area (Å²) in [7, 11) is 0. The highest BCUT2D eigenvalue weighted by atomic mass is 16.6. The minimum absolute atomic E-state index is 0.108. The van der Waals surface area contributed by atoms with E-state index in [1.54, 1.807) is 18.2 Å². The monoisotopic (exact) mass is 300 g/mol. The summed E-state index contributed by atoms with van der Waals surface area (Å²) in [4.78, 5) is 23.2. The maximum absolute atomic E-state index is 12.5. The van der Waals surface area contributed by atoms with Crippen LogP contribution in [0.25, 0.3) is 0 Å². The van der Waals surface area contributed by atoms with Gasteiger partial charge in [-0.25, -0.2) is 0 Å². The normalized spacial score (nSPS) is 35.4. The summed E-state index contributed by atoms with van der Waals surface area (Å²) >= 11 is 0. The molecule has 1 N–H and O–H groups in total. The van der Waals surface area contributed by atoms with E-state index >= 15 is 0 Å². The average Bonchev–Trinajstić information content (AvgIpc) is 2.50. The molecule has 1 aromatic carbocycles. The lowest BCUT2D eigenvalue weighted by Crippen LogP contribution is -2.55. The quantitative estimate of drug-likeness (QED) is 0.688. The molecule has 0 spiro atoms. The van der Waals surface area contributed by atoms with Gasteiger partial charge in [-0.1, -0.05) is 12.1 Å². The number of para-hydroxylation sites is 1. The zero-order valence-corrected chi connectivity index (χ0v) is 12.4. The van der Waals surface area contributed by atoms with E-state index in [0.717, 1.165) is 11.8 Å². The summed E-state index contributed by atoms with van der Waals surface area (Å²) in [6.07, 6.45) is 6.24. The van der Waals surface area contributed by atoms with Crippen LogP contribution in [0, 0.1) is 33.8 Å². The van der Waals surface area contributed by atoms with E-state index in [2.05, 4.69) is 5.32 Å². The first-order chi connectivity index (χ1) is 10.6. The molecule has 5 heteroatoms. The Morgan fingerprint density at radius 3 is 2.23 bits per heavy atom. The number of amides is 1. The molecule has 5 rings (SSSR count). The van der Waals surface area contributed by atoms with Crippen molar-refractivity contribution in [2.24, 2.45) is 23.7 Å². The molecule has 0 heterocycles. The highest BCUT2D eigenvalue weighted by molar-refractivity contribution is 5.98. The number of hydrogen-bond acceptors (Lipinski definition) is 3. The second-order valence-electron chi connectivity index (χ2n) is 7.20. The number of nitrogens with one attached hydrogen (secondary N) is 1. The van der Waals surface area contributed by atoms with E-state index in [-0.39, 0.29) is 23.2 Å². The molecule has 0 aromatic heterocycles. The molecule has 4 bridgehead atoms. The van der Waals surface area contributed by atoms with Gasteiger partial charge in [-0.3, -0.25) is 14.9 Å². The van der Waals surface area contributed by atoms with E-state index in [9.17, 15) is 14.9 Å². The molecule has 1 amide bonds. The Morgan fingerprint density at radius 1 is 1.05 bits per heavy atom. The Bertz CT molecular complexity index is 600. The smallest absolute Gasteiger partial charge is 0.282 e. The van der Waals surface area contributed by atoms with Crippen LogP contribution in [-0.2, 0) is 0 Å². The summed E-state index contributed by atoms with van der Waals surface area (Å²) in [5, 5.41) is 14.2. The van der Waals surface area contributed by atoms with E-state index in [1.165, 1.54) is 38.2 Å². The second-order valence-corrected chi connectivity index (χ2v) is 7.20. The molecule has 4 fully saturated rings. The zero-order chi connectivity index (χ0) is 15.3. The fourth-order valence-corrected chi connectivity index (χ4v) is 5.21. The molecule has 4 aliphatic carbocycles. The predicted octanol–water partition coefficient (Wildman–Crippen LogP) is 3.15. The molecule has 0 atom stereocenters. The summed E-state index contributed by atoms with van der Waals surface area (Å²) in [6, 6.07) is 6.42. The van der Waals surface area contributed by atoms with Crippen molar-refractivity contribution < 1.29 is 9.72 Å². The first-order valence-corrected chi connectivity index (χ1v) is 8.16. The number of carbonyl (C=O) groups excluding carboxylic acids is 1. The number of nitro benzene ring substituents is 1. The molecule has 0 aliphatic heterocycles. The van der Waals surface area contributed by atoms with E-state index in [1.807, 2.05) is 0 Å². The zero-order valence-electron chi connectivity index (χ0n) is 12.4. The van der Waals surface area contributed by atoms with Gasteiger partial charge in [0.15, 0.2) is 0 Å². The summed E-state index contributed by atoms with van der Waals surface area (Å²) in [5.41, 5.74) is 0.0742. The van der Waals surface area contributed by atoms with Crippen LogP contribution in [0.3, 0.4) is 0 Å². The van der Waals surface area contributed by atoms with Crippen molar-refractivity contribution in [3.8, 4) is 0 Å². The number of rotatable bonds is 3. The Balaban J connectivity index is 1.54. The molecular formula is C17H20N2O3. The van der Waals surface area contributed by atoms with Crippen molar-refractivity contribution in [2.45, 2.75) is 38.1 Å². The average molecular weight is 300 g/mol. The number of nitrogens with zero attached hydrogens (tertiary/aromatic N) is 1. The van der Waals surface area contributed by atoms with Crippen LogP contribution in [0.4, 0.5) is 5.69 Å². The lowest BCUT2D eigenvalue weighted by molar-refractivity contribution is -0.385. The minimum Gasteiger partial charge on any atom is -0.349 e. The highest BCUT2D eigenvalue weighted by Crippen LogP contribution is 2.53. The van der Waals surface area contributed by atoms with Crippen LogP contribution in [-0.4, -0.2) is 16.9 Å². The van der Waals surface area contributed by atoms with Gasteiger partial charge >= 0.3 is 0 Å². The third kappa shape index (κ3) is 2.19. The van der Waals surface area contributed by atoms with Crippen molar-refractivity contribution in [3.05, 3.63) is 39.9 Å². The van der Waals surface area contributed by atoms with Gasteiger partial charge in [0.05, 0.1) is 4.92 Å². The van der Waals surface area contributed by atoms with Crippen LogP contribution < -0.4 is 5.32 Å². The first kappa shape index (κ1) is 13.7. The maximum Gasteiger partial charge on any atom is 0.282 e. The topological polar surface area (TPSA) is 72.2 Å². The van der Waals surface area contributed by atoms with Crippen molar-refractivity contribution in [1.29, 1.82) is 0 Å². The van der Waals surface area contributed by atoms with Crippen molar-refractivity contribution >= 4 is 11.6 Å². The number of nitro groups is 1. The van der Waals surface area contributed by atoms with Crippen LogP contribution in [0.15, 0.2) is 24.3 Å². The van der Waals surface area contributed by atoms with Gasteiger partial charge in [0.2, 0.25) is 0 Å². The Hall–Kier alpha value is -1.91. The maximum atomic E-state index is 12.5. The predicted molar refractivity (Wildman–Crippen MR) is 81.4 cm³/mol. The molecule has 4 saturated carbocycles. The lowest BCUT2D eigenvalue weighted by atomic mass is 9.54. The third-order valence-electron chi connectivity index (χ3n) is 5.87. The molecule has 0 unspecified atom stereocenters. The molecule has 5 nitrogen and oxygen atoms in total. The van der Waals surface area contributed by atoms with Gasteiger partial charge in [0, 0.05) is 12.1 Å².